The highest BCUT2D eigenvalue weighted by molar-refractivity contribution is 7.19. The Morgan fingerprint density at radius 1 is 1.17 bits per heavy atom. The zero-order valence-corrected chi connectivity index (χ0v) is 16.4. The molecule has 29 heavy (non-hydrogen) atoms. The summed E-state index contributed by atoms with van der Waals surface area (Å²) in [6, 6.07) is 4.43. The third kappa shape index (κ3) is 2.87. The second-order valence-corrected chi connectivity index (χ2v) is 7.56. The molecule has 10 heteroatoms. The van der Waals surface area contributed by atoms with Gasteiger partial charge in [-0.15, -0.1) is 10.2 Å². The van der Waals surface area contributed by atoms with Crippen LogP contribution in [0.5, 0.6) is 0 Å². The van der Waals surface area contributed by atoms with Crippen LogP contribution >= 0.6 is 11.3 Å². The fourth-order valence-corrected chi connectivity index (χ4v) is 4.20. The molecule has 0 saturated carbocycles. The fraction of sp³-hybridized carbons (Fsp3) is 0.211. The average Bonchev–Trinajstić information content (AvgIpc) is 3.39. The van der Waals surface area contributed by atoms with Gasteiger partial charge in [-0.25, -0.2) is 8.78 Å². The average molecular weight is 411 g/mol. The maximum atomic E-state index is 14.9. The molecular weight excluding hydrogens is 396 g/mol. The summed E-state index contributed by atoms with van der Waals surface area (Å²) in [6.45, 7) is 4.68. The number of aryl methyl sites for hydroxylation is 2. The summed E-state index contributed by atoms with van der Waals surface area (Å²) in [6.07, 6.45) is 3.36. The molecule has 4 aromatic heterocycles. The first-order chi connectivity index (χ1) is 14.0. The molecule has 0 saturated heterocycles. The van der Waals surface area contributed by atoms with Crippen molar-refractivity contribution in [3.63, 3.8) is 0 Å². The third-order valence-corrected chi connectivity index (χ3v) is 5.71. The van der Waals surface area contributed by atoms with E-state index in [0.29, 0.717) is 10.8 Å². The molecule has 146 valence electrons. The molecule has 0 bridgehead atoms. The van der Waals surface area contributed by atoms with Gasteiger partial charge in [0.2, 0.25) is 4.96 Å². The lowest BCUT2D eigenvalue weighted by Gasteiger charge is -2.06. The number of rotatable bonds is 4. The van der Waals surface area contributed by atoms with E-state index >= 15 is 0 Å². The third-order valence-electron chi connectivity index (χ3n) is 4.78. The number of halogens is 2. The van der Waals surface area contributed by atoms with Crippen molar-refractivity contribution in [2.45, 2.75) is 26.8 Å². The summed E-state index contributed by atoms with van der Waals surface area (Å²) in [5.41, 5.74) is 1.96. The Labute approximate surface area is 167 Å². The quantitative estimate of drug-likeness (QED) is 0.450. The van der Waals surface area contributed by atoms with Gasteiger partial charge in [-0.05, 0) is 26.0 Å². The first-order valence-electron chi connectivity index (χ1n) is 9.02. The van der Waals surface area contributed by atoms with Gasteiger partial charge in [0.1, 0.15) is 11.6 Å². The molecule has 4 heterocycles. The van der Waals surface area contributed by atoms with E-state index in [2.05, 4.69) is 25.4 Å². The van der Waals surface area contributed by atoms with E-state index < -0.39 is 11.6 Å². The molecule has 0 amide bonds. The van der Waals surface area contributed by atoms with E-state index in [1.807, 2.05) is 24.7 Å². The van der Waals surface area contributed by atoms with Crippen molar-refractivity contribution in [3.8, 4) is 10.6 Å². The minimum atomic E-state index is -0.666. The van der Waals surface area contributed by atoms with Crippen LogP contribution in [-0.4, -0.2) is 34.6 Å². The predicted molar refractivity (Wildman–Crippen MR) is 105 cm³/mol. The predicted octanol–water partition coefficient (Wildman–Crippen LogP) is 3.79. The minimum Gasteiger partial charge on any atom is -0.272 e. The fourth-order valence-electron chi connectivity index (χ4n) is 3.28. The van der Waals surface area contributed by atoms with Crippen LogP contribution in [0, 0.1) is 18.6 Å². The number of aromatic nitrogens is 7. The van der Waals surface area contributed by atoms with Crippen molar-refractivity contribution >= 4 is 27.2 Å². The van der Waals surface area contributed by atoms with E-state index in [0.717, 1.165) is 22.8 Å². The number of fused-ring (bicyclic) bond motifs is 2. The summed E-state index contributed by atoms with van der Waals surface area (Å²) >= 11 is 1.36. The largest absolute Gasteiger partial charge is 0.272 e. The van der Waals surface area contributed by atoms with Crippen molar-refractivity contribution < 1.29 is 8.78 Å². The van der Waals surface area contributed by atoms with Crippen LogP contribution in [0.1, 0.15) is 24.0 Å². The Morgan fingerprint density at radius 3 is 2.83 bits per heavy atom. The van der Waals surface area contributed by atoms with Crippen molar-refractivity contribution in [3.05, 3.63) is 59.3 Å². The highest BCUT2D eigenvalue weighted by Gasteiger charge is 2.20. The molecule has 0 aliphatic rings. The molecule has 5 rings (SSSR count). The molecule has 0 radical (unpaired) electrons. The lowest BCUT2D eigenvalue weighted by molar-refractivity contribution is 0.566. The second kappa shape index (κ2) is 6.66. The molecule has 0 fully saturated rings. The van der Waals surface area contributed by atoms with Gasteiger partial charge >= 0.3 is 0 Å². The molecule has 5 aromatic rings. The monoisotopic (exact) mass is 411 g/mol. The van der Waals surface area contributed by atoms with Gasteiger partial charge in [0.05, 0.1) is 16.8 Å². The molecule has 0 aliphatic heterocycles. The highest BCUT2D eigenvalue weighted by atomic mass is 32.1. The molecule has 1 aromatic carbocycles. The van der Waals surface area contributed by atoms with Gasteiger partial charge in [-0.3, -0.25) is 9.67 Å². The number of pyridine rings is 1. The summed E-state index contributed by atoms with van der Waals surface area (Å²) < 4.78 is 32.9. The van der Waals surface area contributed by atoms with E-state index in [4.69, 9.17) is 0 Å². The number of nitrogens with zero attached hydrogens (tertiary/aromatic N) is 7. The van der Waals surface area contributed by atoms with E-state index in [1.54, 1.807) is 12.1 Å². The van der Waals surface area contributed by atoms with E-state index in [9.17, 15) is 8.78 Å². The van der Waals surface area contributed by atoms with Gasteiger partial charge < -0.3 is 0 Å². The number of hydrogen-bond acceptors (Lipinski definition) is 6. The Balaban J connectivity index is 1.57. The lowest BCUT2D eigenvalue weighted by Crippen LogP contribution is -2.03. The molecule has 0 unspecified atom stereocenters. The molecule has 0 N–H and O–H groups in total. The van der Waals surface area contributed by atoms with Crippen LogP contribution in [0.3, 0.4) is 0 Å². The van der Waals surface area contributed by atoms with Gasteiger partial charge in [-0.1, -0.05) is 11.3 Å². The van der Waals surface area contributed by atoms with Gasteiger partial charge in [0.25, 0.3) is 0 Å². The first-order valence-corrected chi connectivity index (χ1v) is 9.84. The summed E-state index contributed by atoms with van der Waals surface area (Å²) in [5, 5.41) is 18.2. The number of hydrogen-bond donors (Lipinski definition) is 0. The Hall–Kier alpha value is -3.27. The summed E-state index contributed by atoms with van der Waals surface area (Å²) in [4.78, 5) is 4.57. The molecule has 0 atom stereocenters. The maximum Gasteiger partial charge on any atom is 0.234 e. The van der Waals surface area contributed by atoms with E-state index in [-0.39, 0.29) is 22.9 Å². The normalized spacial score (nSPS) is 11.7. The molecule has 7 nitrogen and oxygen atoms in total. The van der Waals surface area contributed by atoms with E-state index in [1.165, 1.54) is 28.1 Å². The lowest BCUT2D eigenvalue weighted by atomic mass is 10.1. The molecule has 0 aliphatic carbocycles. The Morgan fingerprint density at radius 2 is 2.03 bits per heavy atom. The Kier molecular flexibility index (Phi) is 4.09. The van der Waals surface area contributed by atoms with Crippen molar-refractivity contribution in [2.24, 2.45) is 0 Å². The SMILES string of the molecule is CCn1cc(-c2nn3c(Cc4c(F)cc5ncccc5c4F)nnc3s2)c(C)n1. The smallest absolute Gasteiger partial charge is 0.234 e. The van der Waals surface area contributed by atoms with Gasteiger partial charge in [0.15, 0.2) is 10.8 Å². The number of benzene rings is 1. The van der Waals surface area contributed by atoms with Crippen molar-refractivity contribution in [1.82, 2.24) is 34.6 Å². The minimum absolute atomic E-state index is 0.0694. The van der Waals surface area contributed by atoms with Crippen LogP contribution < -0.4 is 0 Å². The standard InChI is InChI=1S/C19H15F2N7S/c1-3-27-9-13(10(2)25-27)18-26-28-16(23-24-19(28)29-18)7-12-14(20)8-15-11(17(12)21)5-4-6-22-15/h4-6,8-9H,3,7H2,1-2H3. The molecule has 0 spiro atoms. The van der Waals surface area contributed by atoms with Crippen LogP contribution in [0.25, 0.3) is 26.4 Å². The van der Waals surface area contributed by atoms with Crippen molar-refractivity contribution in [1.29, 1.82) is 0 Å². The van der Waals surface area contributed by atoms with Crippen LogP contribution in [0.15, 0.2) is 30.6 Å². The topological polar surface area (TPSA) is 73.8 Å². The van der Waals surface area contributed by atoms with Crippen LogP contribution in [-0.2, 0) is 13.0 Å². The van der Waals surface area contributed by atoms with Crippen LogP contribution in [0.4, 0.5) is 8.78 Å². The summed E-state index contributed by atoms with van der Waals surface area (Å²) in [7, 11) is 0. The first kappa shape index (κ1) is 17.8. The maximum absolute atomic E-state index is 14.9. The molecular formula is C19H15F2N7S. The van der Waals surface area contributed by atoms with Crippen molar-refractivity contribution in [2.75, 3.05) is 0 Å². The Bertz CT molecular complexity index is 1370. The summed E-state index contributed by atoms with van der Waals surface area (Å²) in [5.74, 6) is -0.939. The van der Waals surface area contributed by atoms with Crippen LogP contribution in [0.2, 0.25) is 0 Å². The zero-order chi connectivity index (χ0) is 20.1. The second-order valence-electron chi connectivity index (χ2n) is 6.60. The zero-order valence-electron chi connectivity index (χ0n) is 15.6. The highest BCUT2D eigenvalue weighted by Crippen LogP contribution is 2.29. The van der Waals surface area contributed by atoms with Gasteiger partial charge in [0, 0.05) is 42.4 Å². The van der Waals surface area contributed by atoms with Gasteiger partial charge in [-0.2, -0.15) is 14.7 Å².